The Hall–Kier alpha value is -3.27. The van der Waals surface area contributed by atoms with Crippen molar-refractivity contribution >= 4 is 5.91 Å². The second-order valence-electron chi connectivity index (χ2n) is 11.2. The number of ether oxygens (including phenoxy) is 1. The Labute approximate surface area is 237 Å². The minimum atomic E-state index is -0.907. The Morgan fingerprint density at radius 3 is 2.52 bits per heavy atom. The van der Waals surface area contributed by atoms with Crippen LogP contribution in [0.25, 0.3) is 22.8 Å². The van der Waals surface area contributed by atoms with Gasteiger partial charge in [0, 0.05) is 30.8 Å². The van der Waals surface area contributed by atoms with E-state index in [9.17, 15) is 9.90 Å². The van der Waals surface area contributed by atoms with Gasteiger partial charge in [0.05, 0.1) is 0 Å². The zero-order valence-electron chi connectivity index (χ0n) is 24.8. The van der Waals surface area contributed by atoms with Crippen LogP contribution in [0, 0.1) is 12.8 Å². The molecule has 2 aromatic carbocycles. The summed E-state index contributed by atoms with van der Waals surface area (Å²) in [5, 5.41) is 25.7. The average molecular weight is 553 g/mol. The van der Waals surface area contributed by atoms with Gasteiger partial charge in [-0.1, -0.05) is 45.8 Å². The lowest BCUT2D eigenvalue weighted by Gasteiger charge is -2.20. The highest BCUT2D eigenvalue weighted by atomic mass is 16.5. The number of nitrogens with one attached hydrogen (secondary N) is 1. The van der Waals surface area contributed by atoms with E-state index in [1.165, 1.54) is 11.1 Å². The molecule has 0 saturated heterocycles. The van der Waals surface area contributed by atoms with Gasteiger partial charge in [0.1, 0.15) is 25.1 Å². The maximum atomic E-state index is 11.2. The van der Waals surface area contributed by atoms with Gasteiger partial charge in [0.15, 0.2) is 0 Å². The van der Waals surface area contributed by atoms with Crippen molar-refractivity contribution in [3.8, 4) is 28.6 Å². The highest BCUT2D eigenvalue weighted by Gasteiger charge is 2.18. The number of hydrogen-bond acceptors (Lipinski definition) is 8. The Morgan fingerprint density at radius 1 is 1.12 bits per heavy atom. The molecule has 0 aliphatic heterocycles. The van der Waals surface area contributed by atoms with Crippen LogP contribution in [0.15, 0.2) is 34.9 Å². The maximum Gasteiger partial charge on any atom is 0.258 e. The smallest absolute Gasteiger partial charge is 0.258 e. The summed E-state index contributed by atoms with van der Waals surface area (Å²) in [6.07, 6.45) is -0.203. The molecule has 0 fully saturated rings. The van der Waals surface area contributed by atoms with Gasteiger partial charge in [-0.05, 0) is 78.7 Å². The zero-order valence-corrected chi connectivity index (χ0v) is 24.8. The molecule has 3 N–H and O–H groups in total. The third-order valence-electron chi connectivity index (χ3n) is 6.57. The normalized spacial score (nSPS) is 12.4. The van der Waals surface area contributed by atoms with Crippen molar-refractivity contribution < 1.29 is 24.3 Å². The van der Waals surface area contributed by atoms with E-state index in [1.807, 2.05) is 26.0 Å². The van der Waals surface area contributed by atoms with Crippen LogP contribution in [0.5, 0.6) is 5.75 Å². The maximum absolute atomic E-state index is 11.2. The summed E-state index contributed by atoms with van der Waals surface area (Å²) in [6.45, 7) is 14.0. The summed E-state index contributed by atoms with van der Waals surface area (Å²) in [6, 6.07) is 10.4. The van der Waals surface area contributed by atoms with Crippen LogP contribution in [0.4, 0.5) is 0 Å². The van der Waals surface area contributed by atoms with E-state index >= 15 is 0 Å². The third-order valence-corrected chi connectivity index (χ3v) is 6.57. The van der Waals surface area contributed by atoms with Crippen LogP contribution >= 0.6 is 0 Å². The van der Waals surface area contributed by atoms with E-state index in [4.69, 9.17) is 19.4 Å². The van der Waals surface area contributed by atoms with Crippen molar-refractivity contribution in [1.29, 1.82) is 0 Å². The first-order valence-corrected chi connectivity index (χ1v) is 14.0. The first-order chi connectivity index (χ1) is 19.0. The minimum Gasteiger partial charge on any atom is -0.490 e. The quantitative estimate of drug-likeness (QED) is 0.270. The molecule has 0 saturated carbocycles. The van der Waals surface area contributed by atoms with Crippen LogP contribution in [-0.4, -0.2) is 70.6 Å². The number of aliphatic hydroxyl groups excluding tert-OH is 2. The molecule has 1 heterocycles. The van der Waals surface area contributed by atoms with Gasteiger partial charge in [0.25, 0.3) is 5.89 Å². The van der Waals surface area contributed by atoms with Gasteiger partial charge in [-0.3, -0.25) is 4.79 Å². The van der Waals surface area contributed by atoms with Crippen LogP contribution in [0.2, 0.25) is 0 Å². The second kappa shape index (κ2) is 14.4. The van der Waals surface area contributed by atoms with Crippen LogP contribution in [0.3, 0.4) is 0 Å². The van der Waals surface area contributed by atoms with Gasteiger partial charge < -0.3 is 29.7 Å². The van der Waals surface area contributed by atoms with Crippen molar-refractivity contribution in [3.05, 3.63) is 52.6 Å². The molecule has 9 nitrogen and oxygen atoms in total. The molecule has 0 aliphatic carbocycles. The second-order valence-corrected chi connectivity index (χ2v) is 11.2. The molecule has 0 radical (unpaired) electrons. The Morgan fingerprint density at radius 2 is 1.88 bits per heavy atom. The lowest BCUT2D eigenvalue weighted by atomic mass is 9.97. The summed E-state index contributed by atoms with van der Waals surface area (Å²) in [7, 11) is 2.14. The Bertz CT molecular complexity index is 1270. The topological polar surface area (TPSA) is 121 Å². The van der Waals surface area contributed by atoms with Crippen LogP contribution in [0.1, 0.15) is 62.8 Å². The molecule has 1 unspecified atom stereocenters. The monoisotopic (exact) mass is 552 g/mol. The fraction of sp³-hybridized carbons (Fsp3) is 0.516. The molecule has 3 rings (SSSR count). The van der Waals surface area contributed by atoms with Gasteiger partial charge in [-0.2, -0.15) is 4.98 Å². The molecule has 1 atom stereocenters. The SMILES string of the molecule is CCc1cc(-c2noc(-c3cc(CN(C)CC(C)C)cc(C(C)C)c3)n2)cc(C)c1OCC(O)CNC(=O)CO. The molecule has 1 aromatic heterocycles. The summed E-state index contributed by atoms with van der Waals surface area (Å²) in [5.74, 6) is 2.08. The zero-order chi connectivity index (χ0) is 29.4. The number of amides is 1. The molecule has 0 spiro atoms. The number of aliphatic hydroxyl groups is 2. The summed E-state index contributed by atoms with van der Waals surface area (Å²) in [4.78, 5) is 18.3. The lowest BCUT2D eigenvalue weighted by Crippen LogP contribution is -2.36. The number of aromatic nitrogens is 2. The summed E-state index contributed by atoms with van der Waals surface area (Å²) in [5.41, 5.74) is 6.01. The molecule has 40 heavy (non-hydrogen) atoms. The number of hydrogen-bond donors (Lipinski definition) is 3. The Balaban J connectivity index is 1.83. The van der Waals surface area contributed by atoms with Crippen LogP contribution in [-0.2, 0) is 17.8 Å². The minimum absolute atomic E-state index is 0.00262. The number of carbonyl (C=O) groups excluding carboxylic acids is 1. The van der Waals surface area contributed by atoms with Gasteiger partial charge >= 0.3 is 0 Å². The van der Waals surface area contributed by atoms with E-state index in [2.05, 4.69) is 68.3 Å². The highest BCUT2D eigenvalue weighted by molar-refractivity contribution is 5.76. The first-order valence-electron chi connectivity index (χ1n) is 14.0. The predicted octanol–water partition coefficient (Wildman–Crippen LogP) is 4.33. The lowest BCUT2D eigenvalue weighted by molar-refractivity contribution is -0.124. The Kier molecular flexibility index (Phi) is 11.2. The number of aryl methyl sites for hydroxylation is 2. The van der Waals surface area contributed by atoms with E-state index in [0.29, 0.717) is 35.7 Å². The molecular formula is C31H44N4O5. The number of benzene rings is 2. The number of nitrogens with zero attached hydrogens (tertiary/aromatic N) is 3. The first kappa shape index (κ1) is 31.3. The van der Waals surface area contributed by atoms with Gasteiger partial charge in [-0.15, -0.1) is 0 Å². The average Bonchev–Trinajstić information content (AvgIpc) is 3.40. The van der Waals surface area contributed by atoms with Crippen molar-refractivity contribution in [3.63, 3.8) is 0 Å². The van der Waals surface area contributed by atoms with E-state index in [1.54, 1.807) is 0 Å². The largest absolute Gasteiger partial charge is 0.490 e. The van der Waals surface area contributed by atoms with Crippen molar-refractivity contribution in [2.24, 2.45) is 5.92 Å². The van der Waals surface area contributed by atoms with Crippen molar-refractivity contribution in [1.82, 2.24) is 20.4 Å². The molecule has 3 aromatic rings. The van der Waals surface area contributed by atoms with E-state index in [-0.39, 0.29) is 13.2 Å². The molecule has 1 amide bonds. The fourth-order valence-electron chi connectivity index (χ4n) is 4.70. The highest BCUT2D eigenvalue weighted by Crippen LogP contribution is 2.32. The summed E-state index contributed by atoms with van der Waals surface area (Å²) >= 11 is 0. The molecule has 0 aliphatic rings. The third kappa shape index (κ3) is 8.61. The van der Waals surface area contributed by atoms with Gasteiger partial charge in [0.2, 0.25) is 11.7 Å². The number of carbonyl (C=O) groups is 1. The van der Waals surface area contributed by atoms with Crippen LogP contribution < -0.4 is 10.1 Å². The van der Waals surface area contributed by atoms with E-state index < -0.39 is 18.6 Å². The van der Waals surface area contributed by atoms with E-state index in [0.717, 1.165) is 35.3 Å². The van der Waals surface area contributed by atoms with Crippen molar-refractivity contribution in [2.75, 3.05) is 33.4 Å². The molecule has 9 heteroatoms. The number of rotatable bonds is 14. The molecule has 218 valence electrons. The fourth-order valence-corrected chi connectivity index (χ4v) is 4.70. The van der Waals surface area contributed by atoms with Gasteiger partial charge in [-0.25, -0.2) is 0 Å². The molecule has 0 bridgehead atoms. The van der Waals surface area contributed by atoms with Crippen molar-refractivity contribution in [2.45, 2.75) is 66.5 Å². The summed E-state index contributed by atoms with van der Waals surface area (Å²) < 4.78 is 11.7. The predicted molar refractivity (Wildman–Crippen MR) is 156 cm³/mol. The standard InChI is InChI=1S/C31H44N4O5/c1-8-23-12-25(9-21(6)29(23)39-18-27(37)14-32-28(38)17-36)30-33-31(40-34-30)26-11-22(10-24(13-26)20(4)5)16-35(7)15-19(2)3/h9-13,19-20,27,36-37H,8,14-18H2,1-7H3,(H,32,38). The molecular weight excluding hydrogens is 508 g/mol.